The molecule has 0 spiro atoms. The SMILES string of the molecule is C=Cc1cccc2cc(N)cc(C(C)C)c12. The lowest BCUT2D eigenvalue weighted by molar-refractivity contribution is 0.876. The molecule has 1 heteroatoms. The molecule has 0 bridgehead atoms. The first-order chi connectivity index (χ1) is 7.63. The maximum atomic E-state index is 5.93. The van der Waals surface area contributed by atoms with Crippen LogP contribution in [0.5, 0.6) is 0 Å². The molecule has 0 unspecified atom stereocenters. The minimum absolute atomic E-state index is 0.465. The molecule has 0 saturated heterocycles. The Hall–Kier alpha value is -1.76. The first kappa shape index (κ1) is 10.7. The van der Waals surface area contributed by atoms with Crippen LogP contribution in [-0.2, 0) is 0 Å². The van der Waals surface area contributed by atoms with Crippen molar-refractivity contribution in [1.82, 2.24) is 0 Å². The first-order valence-corrected chi connectivity index (χ1v) is 5.58. The van der Waals surface area contributed by atoms with Crippen molar-refractivity contribution in [2.75, 3.05) is 5.73 Å². The van der Waals surface area contributed by atoms with Crippen molar-refractivity contribution in [3.8, 4) is 0 Å². The van der Waals surface area contributed by atoms with Crippen molar-refractivity contribution in [1.29, 1.82) is 0 Å². The Morgan fingerprint density at radius 1 is 1.25 bits per heavy atom. The zero-order chi connectivity index (χ0) is 11.7. The van der Waals surface area contributed by atoms with Crippen molar-refractivity contribution in [3.05, 3.63) is 48.0 Å². The van der Waals surface area contributed by atoms with Gasteiger partial charge in [0.1, 0.15) is 0 Å². The van der Waals surface area contributed by atoms with Crippen LogP contribution in [0.2, 0.25) is 0 Å². The quantitative estimate of drug-likeness (QED) is 0.740. The molecule has 2 aromatic rings. The van der Waals surface area contributed by atoms with Crippen molar-refractivity contribution in [2.24, 2.45) is 0 Å². The molecular weight excluding hydrogens is 194 g/mol. The highest BCUT2D eigenvalue weighted by molar-refractivity contribution is 5.95. The molecule has 2 rings (SSSR count). The highest BCUT2D eigenvalue weighted by Crippen LogP contribution is 2.31. The van der Waals surface area contributed by atoms with Crippen LogP contribution in [-0.4, -0.2) is 0 Å². The normalized spacial score (nSPS) is 10.9. The van der Waals surface area contributed by atoms with Crippen LogP contribution in [0.1, 0.15) is 30.9 Å². The van der Waals surface area contributed by atoms with Gasteiger partial charge < -0.3 is 5.73 Å². The van der Waals surface area contributed by atoms with Gasteiger partial charge >= 0.3 is 0 Å². The van der Waals surface area contributed by atoms with Crippen LogP contribution >= 0.6 is 0 Å². The Bertz CT molecular complexity index is 538. The maximum absolute atomic E-state index is 5.93. The van der Waals surface area contributed by atoms with Gasteiger partial charge in [0.05, 0.1) is 0 Å². The number of hydrogen-bond donors (Lipinski definition) is 1. The lowest BCUT2D eigenvalue weighted by Crippen LogP contribution is -1.95. The Labute approximate surface area is 96.6 Å². The van der Waals surface area contributed by atoms with Gasteiger partial charge in [-0.25, -0.2) is 0 Å². The van der Waals surface area contributed by atoms with Crippen LogP contribution in [0.25, 0.3) is 16.8 Å². The Morgan fingerprint density at radius 3 is 2.62 bits per heavy atom. The maximum Gasteiger partial charge on any atom is 0.0323 e. The molecule has 0 aliphatic rings. The molecule has 0 amide bonds. The van der Waals surface area contributed by atoms with Crippen LogP contribution in [0.4, 0.5) is 5.69 Å². The topological polar surface area (TPSA) is 26.0 Å². The Kier molecular flexibility index (Phi) is 2.69. The summed E-state index contributed by atoms with van der Waals surface area (Å²) in [6.45, 7) is 8.25. The molecule has 0 saturated carbocycles. The highest BCUT2D eigenvalue weighted by atomic mass is 14.5. The van der Waals surface area contributed by atoms with Crippen molar-refractivity contribution in [2.45, 2.75) is 19.8 Å². The average Bonchev–Trinajstić information content (AvgIpc) is 2.26. The minimum Gasteiger partial charge on any atom is -0.399 e. The second-order valence-corrected chi connectivity index (χ2v) is 4.41. The fourth-order valence-corrected chi connectivity index (χ4v) is 2.14. The number of hydrogen-bond acceptors (Lipinski definition) is 1. The Balaban J connectivity index is 2.90. The highest BCUT2D eigenvalue weighted by Gasteiger charge is 2.08. The molecule has 0 aromatic heterocycles. The fraction of sp³-hybridized carbons (Fsp3) is 0.200. The van der Waals surface area contributed by atoms with E-state index >= 15 is 0 Å². The van der Waals surface area contributed by atoms with Gasteiger partial charge in [-0.05, 0) is 39.9 Å². The number of benzene rings is 2. The van der Waals surface area contributed by atoms with Crippen LogP contribution < -0.4 is 5.73 Å². The minimum atomic E-state index is 0.465. The second kappa shape index (κ2) is 4.01. The van der Waals surface area contributed by atoms with Crippen LogP contribution in [0.15, 0.2) is 36.9 Å². The fourth-order valence-electron chi connectivity index (χ4n) is 2.14. The van der Waals surface area contributed by atoms with Crippen LogP contribution in [0, 0.1) is 0 Å². The summed E-state index contributed by atoms with van der Waals surface area (Å²) < 4.78 is 0. The standard InChI is InChI=1S/C15H17N/c1-4-11-6-5-7-12-8-13(16)9-14(10(2)3)15(11)12/h4-10H,1,16H2,2-3H3. The van der Waals surface area contributed by atoms with Crippen molar-refractivity contribution in [3.63, 3.8) is 0 Å². The number of fused-ring (bicyclic) bond motifs is 1. The van der Waals surface area contributed by atoms with E-state index in [1.807, 2.05) is 18.2 Å². The lowest BCUT2D eigenvalue weighted by atomic mass is 9.92. The molecule has 0 fully saturated rings. The summed E-state index contributed by atoms with van der Waals surface area (Å²) in [6, 6.07) is 10.3. The van der Waals surface area contributed by atoms with E-state index in [1.54, 1.807) is 0 Å². The predicted octanol–water partition coefficient (Wildman–Crippen LogP) is 4.19. The van der Waals surface area contributed by atoms with E-state index in [0.29, 0.717) is 5.92 Å². The van der Waals surface area contributed by atoms with Gasteiger partial charge in [0.2, 0.25) is 0 Å². The van der Waals surface area contributed by atoms with Gasteiger partial charge in [0.25, 0.3) is 0 Å². The molecule has 82 valence electrons. The van der Waals surface area contributed by atoms with Gasteiger partial charge in [-0.15, -0.1) is 0 Å². The molecule has 1 nitrogen and oxygen atoms in total. The first-order valence-electron chi connectivity index (χ1n) is 5.58. The van der Waals surface area contributed by atoms with Gasteiger partial charge in [-0.3, -0.25) is 0 Å². The zero-order valence-electron chi connectivity index (χ0n) is 9.83. The summed E-state index contributed by atoms with van der Waals surface area (Å²) in [7, 11) is 0. The third kappa shape index (κ3) is 1.69. The van der Waals surface area contributed by atoms with E-state index in [0.717, 1.165) is 5.69 Å². The number of nitrogen functional groups attached to an aromatic ring is 1. The number of anilines is 1. The molecule has 0 aliphatic carbocycles. The average molecular weight is 211 g/mol. The molecule has 16 heavy (non-hydrogen) atoms. The van der Waals surface area contributed by atoms with E-state index in [9.17, 15) is 0 Å². The van der Waals surface area contributed by atoms with Gasteiger partial charge in [0, 0.05) is 5.69 Å². The van der Waals surface area contributed by atoms with E-state index in [4.69, 9.17) is 5.73 Å². The third-order valence-electron chi connectivity index (χ3n) is 2.90. The van der Waals surface area contributed by atoms with E-state index < -0.39 is 0 Å². The van der Waals surface area contributed by atoms with Gasteiger partial charge in [-0.1, -0.05) is 44.7 Å². The smallest absolute Gasteiger partial charge is 0.0323 e. The largest absolute Gasteiger partial charge is 0.399 e. The predicted molar refractivity (Wildman–Crippen MR) is 72.5 cm³/mol. The molecule has 0 radical (unpaired) electrons. The van der Waals surface area contributed by atoms with E-state index in [1.165, 1.54) is 21.9 Å². The summed E-state index contributed by atoms with van der Waals surface area (Å²) in [4.78, 5) is 0. The third-order valence-corrected chi connectivity index (χ3v) is 2.90. The monoisotopic (exact) mass is 211 g/mol. The molecule has 2 N–H and O–H groups in total. The summed E-state index contributed by atoms with van der Waals surface area (Å²) >= 11 is 0. The second-order valence-electron chi connectivity index (χ2n) is 4.41. The van der Waals surface area contributed by atoms with Gasteiger partial charge in [0.15, 0.2) is 0 Å². The van der Waals surface area contributed by atoms with Crippen molar-refractivity contribution < 1.29 is 0 Å². The number of rotatable bonds is 2. The molecule has 0 atom stereocenters. The molecular formula is C15H17N. The summed E-state index contributed by atoms with van der Waals surface area (Å²) in [6.07, 6.45) is 1.91. The lowest BCUT2D eigenvalue weighted by Gasteiger charge is -2.13. The molecule has 0 aliphatic heterocycles. The van der Waals surface area contributed by atoms with E-state index in [2.05, 4.69) is 38.6 Å². The van der Waals surface area contributed by atoms with E-state index in [-0.39, 0.29) is 0 Å². The summed E-state index contributed by atoms with van der Waals surface area (Å²) in [5, 5.41) is 2.47. The molecule has 0 heterocycles. The summed E-state index contributed by atoms with van der Waals surface area (Å²) in [5.74, 6) is 0.465. The van der Waals surface area contributed by atoms with Gasteiger partial charge in [-0.2, -0.15) is 0 Å². The Morgan fingerprint density at radius 2 is 2.00 bits per heavy atom. The van der Waals surface area contributed by atoms with Crippen molar-refractivity contribution >= 4 is 22.5 Å². The van der Waals surface area contributed by atoms with Crippen LogP contribution in [0.3, 0.4) is 0 Å². The number of nitrogens with two attached hydrogens (primary N) is 1. The molecule has 2 aromatic carbocycles. The zero-order valence-corrected chi connectivity index (χ0v) is 9.83. The summed E-state index contributed by atoms with van der Waals surface area (Å²) in [5.41, 5.74) is 9.24.